The highest BCUT2D eigenvalue weighted by atomic mass is 32.2. The van der Waals surface area contributed by atoms with Crippen molar-refractivity contribution in [1.29, 1.82) is 0 Å². The Labute approximate surface area is 179 Å². The molecule has 7 heteroatoms. The van der Waals surface area contributed by atoms with Crippen LogP contribution < -0.4 is 15.4 Å². The molecule has 6 nitrogen and oxygen atoms in total. The van der Waals surface area contributed by atoms with Gasteiger partial charge in [-0.2, -0.15) is 0 Å². The highest BCUT2D eigenvalue weighted by Gasteiger charge is 2.32. The highest BCUT2D eigenvalue weighted by molar-refractivity contribution is 7.99. The number of aryl methyl sites for hydroxylation is 1. The predicted molar refractivity (Wildman–Crippen MR) is 114 cm³/mol. The van der Waals surface area contributed by atoms with Gasteiger partial charge in [-0.25, -0.2) is 4.79 Å². The van der Waals surface area contributed by atoms with Gasteiger partial charge in [-0.1, -0.05) is 43.0 Å². The van der Waals surface area contributed by atoms with Crippen LogP contribution in [0.4, 0.5) is 4.79 Å². The van der Waals surface area contributed by atoms with Crippen LogP contribution in [-0.4, -0.2) is 16.9 Å². The third-order valence-corrected chi connectivity index (χ3v) is 5.88. The first kappa shape index (κ1) is 20.0. The standard InChI is InChI=1S/C23H21N3O3S/c1-2-15-3-5-16(6-4-15)14-29-17-7-9-18(10-8-17)30-20-11-12-24-13-19(20)21-22(27)26-23(28)25-21/h3-13,21H,2,14H2,1H3,(H2,25,26,27,28). The van der Waals surface area contributed by atoms with Crippen molar-refractivity contribution in [2.24, 2.45) is 0 Å². The number of carbonyl (C=O) groups is 2. The van der Waals surface area contributed by atoms with E-state index in [0.717, 1.165) is 27.5 Å². The molecule has 1 aliphatic rings. The van der Waals surface area contributed by atoms with Crippen LogP contribution in [0.1, 0.15) is 29.7 Å². The van der Waals surface area contributed by atoms with Gasteiger partial charge in [0.15, 0.2) is 0 Å². The maximum atomic E-state index is 12.0. The third-order valence-electron chi connectivity index (χ3n) is 4.78. The van der Waals surface area contributed by atoms with Crippen molar-refractivity contribution >= 4 is 23.7 Å². The molecule has 3 aromatic rings. The van der Waals surface area contributed by atoms with Gasteiger partial charge in [0.1, 0.15) is 18.4 Å². The van der Waals surface area contributed by atoms with Crippen LogP contribution in [0.25, 0.3) is 0 Å². The molecule has 3 amide bonds. The molecule has 1 aromatic heterocycles. The number of ether oxygens (including phenoxy) is 1. The highest BCUT2D eigenvalue weighted by Crippen LogP contribution is 2.34. The average molecular weight is 420 g/mol. The van der Waals surface area contributed by atoms with E-state index >= 15 is 0 Å². The van der Waals surface area contributed by atoms with Crippen LogP contribution in [0.5, 0.6) is 5.75 Å². The lowest BCUT2D eigenvalue weighted by molar-refractivity contribution is -0.120. The quantitative estimate of drug-likeness (QED) is 0.560. The van der Waals surface area contributed by atoms with Gasteiger partial charge in [-0.3, -0.25) is 15.1 Å². The van der Waals surface area contributed by atoms with Crippen molar-refractivity contribution in [3.05, 3.63) is 83.7 Å². The summed E-state index contributed by atoms with van der Waals surface area (Å²) in [5.41, 5.74) is 3.11. The molecule has 152 valence electrons. The Morgan fingerprint density at radius 3 is 2.40 bits per heavy atom. The zero-order chi connectivity index (χ0) is 20.9. The molecular formula is C23H21N3O3S. The van der Waals surface area contributed by atoms with Gasteiger partial charge in [0, 0.05) is 27.7 Å². The van der Waals surface area contributed by atoms with Crippen molar-refractivity contribution < 1.29 is 14.3 Å². The molecule has 30 heavy (non-hydrogen) atoms. The number of nitrogens with one attached hydrogen (secondary N) is 2. The Morgan fingerprint density at radius 1 is 1.00 bits per heavy atom. The number of pyridine rings is 1. The molecule has 2 aromatic carbocycles. The minimum absolute atomic E-state index is 0.370. The number of rotatable bonds is 7. The number of carbonyl (C=O) groups excluding carboxylic acids is 2. The fraction of sp³-hybridized carbons (Fsp3) is 0.174. The summed E-state index contributed by atoms with van der Waals surface area (Å²) in [6.07, 6.45) is 4.30. The van der Waals surface area contributed by atoms with Gasteiger partial charge in [-0.05, 0) is 47.9 Å². The largest absolute Gasteiger partial charge is 0.489 e. The van der Waals surface area contributed by atoms with E-state index in [1.54, 1.807) is 12.4 Å². The first-order valence-electron chi connectivity index (χ1n) is 9.66. The second kappa shape index (κ2) is 9.00. The van der Waals surface area contributed by atoms with Crippen LogP contribution in [0.2, 0.25) is 0 Å². The van der Waals surface area contributed by atoms with Crippen molar-refractivity contribution in [3.63, 3.8) is 0 Å². The maximum absolute atomic E-state index is 12.0. The zero-order valence-corrected chi connectivity index (χ0v) is 17.2. The SMILES string of the molecule is CCc1ccc(COc2ccc(Sc3ccncc3C3NC(=O)NC3=O)cc2)cc1. The number of imide groups is 1. The summed E-state index contributed by atoms with van der Waals surface area (Å²) >= 11 is 1.50. The van der Waals surface area contributed by atoms with Crippen molar-refractivity contribution in [2.75, 3.05) is 0 Å². The number of amides is 3. The van der Waals surface area contributed by atoms with Crippen LogP contribution in [0.3, 0.4) is 0 Å². The van der Waals surface area contributed by atoms with Gasteiger partial charge in [0.2, 0.25) is 0 Å². The number of aromatic nitrogens is 1. The summed E-state index contributed by atoms with van der Waals surface area (Å²) in [5.74, 6) is 0.418. The predicted octanol–water partition coefficient (Wildman–Crippen LogP) is 4.25. The Hall–Kier alpha value is -3.32. The van der Waals surface area contributed by atoms with Gasteiger partial charge < -0.3 is 10.1 Å². The fourth-order valence-electron chi connectivity index (χ4n) is 3.11. The molecule has 4 rings (SSSR count). The van der Waals surface area contributed by atoms with E-state index in [1.165, 1.54) is 17.3 Å². The number of urea groups is 1. The zero-order valence-electron chi connectivity index (χ0n) is 16.4. The Bertz CT molecular complexity index is 1050. The Balaban J connectivity index is 1.41. The maximum Gasteiger partial charge on any atom is 0.322 e. The molecule has 1 aliphatic heterocycles. The van der Waals surface area contributed by atoms with E-state index in [1.807, 2.05) is 30.3 Å². The first-order valence-corrected chi connectivity index (χ1v) is 10.5. The van der Waals surface area contributed by atoms with E-state index in [-0.39, 0.29) is 5.91 Å². The van der Waals surface area contributed by atoms with E-state index < -0.39 is 12.1 Å². The second-order valence-corrected chi connectivity index (χ2v) is 7.96. The molecule has 1 unspecified atom stereocenters. The number of hydrogen-bond acceptors (Lipinski definition) is 5. The molecule has 0 radical (unpaired) electrons. The molecule has 1 fully saturated rings. The van der Waals surface area contributed by atoms with E-state index in [0.29, 0.717) is 12.2 Å². The van der Waals surface area contributed by atoms with Gasteiger partial charge in [0.25, 0.3) is 5.91 Å². The van der Waals surface area contributed by atoms with Crippen molar-refractivity contribution in [3.8, 4) is 5.75 Å². The summed E-state index contributed by atoms with van der Waals surface area (Å²) in [7, 11) is 0. The van der Waals surface area contributed by atoms with Gasteiger partial charge >= 0.3 is 6.03 Å². The monoisotopic (exact) mass is 419 g/mol. The molecule has 0 bridgehead atoms. The van der Waals surface area contributed by atoms with Gasteiger partial charge in [0.05, 0.1) is 0 Å². The average Bonchev–Trinajstić information content (AvgIpc) is 3.11. The van der Waals surface area contributed by atoms with Crippen molar-refractivity contribution in [1.82, 2.24) is 15.6 Å². The van der Waals surface area contributed by atoms with Crippen molar-refractivity contribution in [2.45, 2.75) is 35.8 Å². The van der Waals surface area contributed by atoms with Crippen LogP contribution >= 0.6 is 11.8 Å². The Morgan fingerprint density at radius 2 is 1.73 bits per heavy atom. The molecule has 2 heterocycles. The van der Waals surface area contributed by atoms with E-state index in [2.05, 4.69) is 46.8 Å². The lowest BCUT2D eigenvalue weighted by Crippen LogP contribution is -2.22. The number of nitrogens with zero attached hydrogens (tertiary/aromatic N) is 1. The minimum atomic E-state index is -0.726. The molecule has 2 N–H and O–H groups in total. The molecular weight excluding hydrogens is 398 g/mol. The third kappa shape index (κ3) is 4.63. The summed E-state index contributed by atoms with van der Waals surface area (Å²) < 4.78 is 5.88. The van der Waals surface area contributed by atoms with E-state index in [9.17, 15) is 9.59 Å². The first-order chi connectivity index (χ1) is 14.6. The second-order valence-electron chi connectivity index (χ2n) is 6.84. The van der Waals surface area contributed by atoms with Gasteiger partial charge in [-0.15, -0.1) is 0 Å². The molecule has 1 saturated heterocycles. The van der Waals surface area contributed by atoms with E-state index in [4.69, 9.17) is 4.74 Å². The topological polar surface area (TPSA) is 80.3 Å². The smallest absolute Gasteiger partial charge is 0.322 e. The summed E-state index contributed by atoms with van der Waals surface area (Å²) in [4.78, 5) is 29.4. The molecule has 0 aliphatic carbocycles. The minimum Gasteiger partial charge on any atom is -0.489 e. The number of benzene rings is 2. The summed E-state index contributed by atoms with van der Waals surface area (Å²) in [5, 5.41) is 4.88. The fourth-order valence-corrected chi connectivity index (χ4v) is 4.05. The lowest BCUT2D eigenvalue weighted by atomic mass is 10.1. The molecule has 0 saturated carbocycles. The normalized spacial score (nSPS) is 15.6. The van der Waals surface area contributed by atoms with Crippen LogP contribution in [-0.2, 0) is 17.8 Å². The van der Waals surface area contributed by atoms with Crippen LogP contribution in [0, 0.1) is 0 Å². The van der Waals surface area contributed by atoms with Crippen LogP contribution in [0.15, 0.2) is 76.8 Å². The molecule has 1 atom stereocenters. The summed E-state index contributed by atoms with van der Waals surface area (Å²) in [6, 6.07) is 16.8. The molecule has 0 spiro atoms. The Kier molecular flexibility index (Phi) is 5.99. The summed E-state index contributed by atoms with van der Waals surface area (Å²) in [6.45, 7) is 2.65. The lowest BCUT2D eigenvalue weighted by Gasteiger charge is -2.13. The number of hydrogen-bond donors (Lipinski definition) is 2.